The Balaban J connectivity index is 2.20. The molecule has 0 bridgehead atoms. The molecule has 2 rings (SSSR count). The predicted octanol–water partition coefficient (Wildman–Crippen LogP) is 2.43. The molecule has 0 saturated heterocycles. The summed E-state index contributed by atoms with van der Waals surface area (Å²) < 4.78 is 5.31. The van der Waals surface area contributed by atoms with Crippen LogP contribution in [0.3, 0.4) is 0 Å². The Hall–Kier alpha value is -1.55. The fourth-order valence-corrected chi connectivity index (χ4v) is 2.90. The zero-order valence-corrected chi connectivity index (χ0v) is 12.2. The van der Waals surface area contributed by atoms with Gasteiger partial charge in [-0.05, 0) is 37.9 Å². The van der Waals surface area contributed by atoms with E-state index >= 15 is 0 Å². The fraction of sp³-hybridized carbons (Fsp3) is 0.562. The van der Waals surface area contributed by atoms with Gasteiger partial charge in [-0.25, -0.2) is 0 Å². The summed E-state index contributed by atoms with van der Waals surface area (Å²) in [5, 5.41) is 0. The molecule has 1 aliphatic rings. The average Bonchev–Trinajstić information content (AvgIpc) is 3.01. The van der Waals surface area contributed by atoms with Gasteiger partial charge >= 0.3 is 0 Å². The number of amides is 1. The van der Waals surface area contributed by atoms with Crippen LogP contribution in [0.5, 0.6) is 5.75 Å². The average molecular weight is 276 g/mol. The Morgan fingerprint density at radius 3 is 2.70 bits per heavy atom. The van der Waals surface area contributed by atoms with Crippen molar-refractivity contribution in [3.8, 4) is 5.75 Å². The van der Waals surface area contributed by atoms with Crippen LogP contribution in [-0.4, -0.2) is 37.0 Å². The van der Waals surface area contributed by atoms with E-state index in [2.05, 4.69) is 0 Å². The van der Waals surface area contributed by atoms with Gasteiger partial charge in [0.05, 0.1) is 12.7 Å². The van der Waals surface area contributed by atoms with Gasteiger partial charge in [-0.2, -0.15) is 0 Å². The quantitative estimate of drug-likeness (QED) is 0.868. The number of rotatable bonds is 6. The van der Waals surface area contributed by atoms with E-state index in [-0.39, 0.29) is 5.91 Å². The van der Waals surface area contributed by atoms with Crippen molar-refractivity contribution >= 4 is 5.91 Å². The van der Waals surface area contributed by atoms with E-state index in [4.69, 9.17) is 10.5 Å². The van der Waals surface area contributed by atoms with Crippen LogP contribution in [0.2, 0.25) is 0 Å². The molecule has 0 unspecified atom stereocenters. The molecule has 0 atom stereocenters. The third-order valence-corrected chi connectivity index (χ3v) is 3.97. The standard InChI is InChI=1S/C16H24N2O2/c1-20-15-10-5-4-9-14(15)16(19)18(12-6-11-17)13-7-2-3-8-13/h4-5,9-10,13H,2-3,6-8,11-12,17H2,1H3. The predicted molar refractivity (Wildman–Crippen MR) is 80.0 cm³/mol. The number of methoxy groups -OCH3 is 1. The summed E-state index contributed by atoms with van der Waals surface area (Å²) in [5.41, 5.74) is 6.26. The van der Waals surface area contributed by atoms with E-state index in [9.17, 15) is 4.79 Å². The molecular weight excluding hydrogens is 252 g/mol. The minimum Gasteiger partial charge on any atom is -0.496 e. The zero-order chi connectivity index (χ0) is 14.4. The molecule has 0 spiro atoms. The number of hydrogen-bond acceptors (Lipinski definition) is 3. The van der Waals surface area contributed by atoms with Gasteiger partial charge in [-0.1, -0.05) is 25.0 Å². The molecule has 0 aromatic heterocycles. The van der Waals surface area contributed by atoms with Gasteiger partial charge in [-0.3, -0.25) is 4.79 Å². The van der Waals surface area contributed by atoms with Crippen LogP contribution in [0.1, 0.15) is 42.5 Å². The molecule has 0 radical (unpaired) electrons. The molecule has 0 aliphatic heterocycles. The highest BCUT2D eigenvalue weighted by molar-refractivity contribution is 5.97. The topological polar surface area (TPSA) is 55.6 Å². The molecule has 1 aromatic rings. The number of ether oxygens (including phenoxy) is 1. The molecule has 20 heavy (non-hydrogen) atoms. The van der Waals surface area contributed by atoms with Crippen molar-refractivity contribution < 1.29 is 9.53 Å². The summed E-state index contributed by atoms with van der Waals surface area (Å²) in [5.74, 6) is 0.719. The third kappa shape index (κ3) is 3.31. The fourth-order valence-electron chi connectivity index (χ4n) is 2.90. The molecule has 4 heteroatoms. The van der Waals surface area contributed by atoms with Gasteiger partial charge in [0, 0.05) is 12.6 Å². The van der Waals surface area contributed by atoms with Crippen molar-refractivity contribution in [3.05, 3.63) is 29.8 Å². The summed E-state index contributed by atoms with van der Waals surface area (Å²) in [6.45, 7) is 1.35. The Bertz CT molecular complexity index is 442. The number of carbonyl (C=O) groups is 1. The zero-order valence-electron chi connectivity index (χ0n) is 12.2. The van der Waals surface area contributed by atoms with Gasteiger partial charge in [0.2, 0.25) is 0 Å². The summed E-state index contributed by atoms with van der Waals surface area (Å²) in [4.78, 5) is 14.8. The molecule has 2 N–H and O–H groups in total. The van der Waals surface area contributed by atoms with E-state index in [1.807, 2.05) is 29.2 Å². The molecule has 110 valence electrons. The molecule has 1 fully saturated rings. The Morgan fingerprint density at radius 2 is 2.05 bits per heavy atom. The normalized spacial score (nSPS) is 15.3. The number of hydrogen-bond donors (Lipinski definition) is 1. The first-order valence-corrected chi connectivity index (χ1v) is 7.42. The summed E-state index contributed by atoms with van der Waals surface area (Å²) in [6, 6.07) is 7.80. The Morgan fingerprint density at radius 1 is 1.35 bits per heavy atom. The highest BCUT2D eigenvalue weighted by Gasteiger charge is 2.28. The maximum absolute atomic E-state index is 12.8. The van der Waals surface area contributed by atoms with Crippen LogP contribution in [0, 0.1) is 0 Å². The van der Waals surface area contributed by atoms with Crippen LogP contribution >= 0.6 is 0 Å². The van der Waals surface area contributed by atoms with Crippen LogP contribution in [-0.2, 0) is 0 Å². The SMILES string of the molecule is COc1ccccc1C(=O)N(CCCN)C1CCCC1. The van der Waals surface area contributed by atoms with Crippen LogP contribution in [0.15, 0.2) is 24.3 Å². The van der Waals surface area contributed by atoms with Gasteiger partial charge < -0.3 is 15.4 Å². The summed E-state index contributed by atoms with van der Waals surface area (Å²) >= 11 is 0. The van der Waals surface area contributed by atoms with Crippen molar-refractivity contribution in [2.75, 3.05) is 20.2 Å². The second kappa shape index (κ2) is 7.29. The molecule has 1 aromatic carbocycles. The highest BCUT2D eigenvalue weighted by atomic mass is 16.5. The summed E-state index contributed by atoms with van der Waals surface area (Å²) in [7, 11) is 1.60. The Kier molecular flexibility index (Phi) is 5.41. The maximum Gasteiger partial charge on any atom is 0.257 e. The van der Waals surface area contributed by atoms with Gasteiger partial charge in [-0.15, -0.1) is 0 Å². The number of nitrogens with zero attached hydrogens (tertiary/aromatic N) is 1. The molecule has 4 nitrogen and oxygen atoms in total. The van der Waals surface area contributed by atoms with Gasteiger partial charge in [0.1, 0.15) is 5.75 Å². The van der Waals surface area contributed by atoms with Crippen molar-refractivity contribution in [1.29, 1.82) is 0 Å². The second-order valence-corrected chi connectivity index (χ2v) is 5.28. The largest absolute Gasteiger partial charge is 0.496 e. The van der Waals surface area contributed by atoms with Crippen molar-refractivity contribution in [1.82, 2.24) is 4.90 Å². The number of para-hydroxylation sites is 1. The van der Waals surface area contributed by atoms with Crippen LogP contribution < -0.4 is 10.5 Å². The van der Waals surface area contributed by atoms with Crippen LogP contribution in [0.25, 0.3) is 0 Å². The number of carbonyl (C=O) groups excluding carboxylic acids is 1. The van der Waals surface area contributed by atoms with Crippen molar-refractivity contribution in [2.24, 2.45) is 5.73 Å². The number of nitrogens with two attached hydrogens (primary N) is 1. The lowest BCUT2D eigenvalue weighted by Gasteiger charge is -2.29. The molecule has 1 saturated carbocycles. The first-order valence-electron chi connectivity index (χ1n) is 7.42. The second-order valence-electron chi connectivity index (χ2n) is 5.28. The number of benzene rings is 1. The van der Waals surface area contributed by atoms with Crippen LogP contribution in [0.4, 0.5) is 0 Å². The lowest BCUT2D eigenvalue weighted by atomic mass is 10.1. The van der Waals surface area contributed by atoms with Gasteiger partial charge in [0.15, 0.2) is 0 Å². The molecular formula is C16H24N2O2. The molecule has 1 amide bonds. The molecule has 0 heterocycles. The summed E-state index contributed by atoms with van der Waals surface area (Å²) in [6.07, 6.45) is 5.47. The van der Waals surface area contributed by atoms with E-state index in [1.165, 1.54) is 12.8 Å². The lowest BCUT2D eigenvalue weighted by Crippen LogP contribution is -2.40. The smallest absolute Gasteiger partial charge is 0.257 e. The minimum absolute atomic E-state index is 0.0720. The van der Waals surface area contributed by atoms with E-state index in [0.717, 1.165) is 25.8 Å². The highest BCUT2D eigenvalue weighted by Crippen LogP contribution is 2.27. The van der Waals surface area contributed by atoms with E-state index in [1.54, 1.807) is 7.11 Å². The monoisotopic (exact) mass is 276 g/mol. The van der Waals surface area contributed by atoms with E-state index < -0.39 is 0 Å². The minimum atomic E-state index is 0.0720. The van der Waals surface area contributed by atoms with E-state index in [0.29, 0.717) is 23.9 Å². The van der Waals surface area contributed by atoms with Gasteiger partial charge in [0.25, 0.3) is 5.91 Å². The first kappa shape index (κ1) is 14.9. The lowest BCUT2D eigenvalue weighted by molar-refractivity contribution is 0.0677. The third-order valence-electron chi connectivity index (χ3n) is 3.97. The maximum atomic E-state index is 12.8. The molecule has 1 aliphatic carbocycles. The first-order chi connectivity index (χ1) is 9.77. The Labute approximate surface area is 120 Å². The van der Waals surface area contributed by atoms with Crippen molar-refractivity contribution in [2.45, 2.75) is 38.1 Å². The van der Waals surface area contributed by atoms with Crippen molar-refractivity contribution in [3.63, 3.8) is 0 Å².